The minimum Gasteiger partial charge on any atom is -0.334 e. The molecule has 2 N–H and O–H groups in total. The van der Waals surface area contributed by atoms with Crippen LogP contribution in [0.25, 0.3) is 11.3 Å². The molecule has 44 heavy (non-hydrogen) atoms. The Morgan fingerprint density at radius 2 is 1.77 bits per heavy atom. The van der Waals surface area contributed by atoms with Gasteiger partial charge in [0, 0.05) is 34.5 Å². The first-order valence-electron chi connectivity index (χ1n) is 13.8. The lowest BCUT2D eigenvalue weighted by Crippen LogP contribution is -2.29. The average molecular weight is 640 g/mol. The van der Waals surface area contributed by atoms with Crippen molar-refractivity contribution < 1.29 is 18.0 Å². The van der Waals surface area contributed by atoms with Crippen molar-refractivity contribution in [1.29, 1.82) is 0 Å². The highest BCUT2D eigenvalue weighted by Crippen LogP contribution is 2.36. The Hall–Kier alpha value is -3.97. The van der Waals surface area contributed by atoms with Gasteiger partial charge in [0.25, 0.3) is 0 Å². The van der Waals surface area contributed by atoms with Crippen LogP contribution in [0.1, 0.15) is 56.3 Å². The van der Waals surface area contributed by atoms with Crippen molar-refractivity contribution >= 4 is 41.0 Å². The van der Waals surface area contributed by atoms with Crippen molar-refractivity contribution in [3.63, 3.8) is 0 Å². The van der Waals surface area contributed by atoms with E-state index < -0.39 is 22.5 Å². The van der Waals surface area contributed by atoms with Gasteiger partial charge in [0.2, 0.25) is 0 Å². The lowest BCUT2D eigenvalue weighted by atomic mass is 10.1. The molecule has 8 nitrogen and oxygen atoms in total. The van der Waals surface area contributed by atoms with E-state index in [1.165, 1.54) is 16.8 Å². The van der Waals surface area contributed by atoms with Crippen LogP contribution in [-0.2, 0) is 17.5 Å². The Morgan fingerprint density at radius 1 is 1.00 bits per heavy atom. The summed E-state index contributed by atoms with van der Waals surface area (Å²) in [6.45, 7) is 8.28. The van der Waals surface area contributed by atoms with Gasteiger partial charge in [-0.2, -0.15) is 30.0 Å². The maximum Gasteiger partial charge on any atom is 0.416 e. The molecule has 0 saturated heterocycles. The number of amides is 2. The number of benzene rings is 2. The van der Waals surface area contributed by atoms with Gasteiger partial charge in [-0.15, -0.1) is 10.2 Å². The molecule has 5 aromatic rings. The topological polar surface area (TPSA) is 89.1 Å². The summed E-state index contributed by atoms with van der Waals surface area (Å²) in [7, 11) is 0. The van der Waals surface area contributed by atoms with Crippen molar-refractivity contribution in [3.05, 3.63) is 95.6 Å². The van der Waals surface area contributed by atoms with Crippen molar-refractivity contribution in [2.75, 3.05) is 11.6 Å². The van der Waals surface area contributed by atoms with Crippen LogP contribution >= 0.6 is 23.5 Å². The molecule has 0 fully saturated rings. The number of carbonyl (C=O) groups is 1. The van der Waals surface area contributed by atoms with E-state index in [4.69, 9.17) is 0 Å². The number of thioether (sulfide) groups is 1. The fraction of sp³-hybridized carbons (Fsp3) is 0.290. The van der Waals surface area contributed by atoms with E-state index in [0.717, 1.165) is 39.0 Å². The quantitative estimate of drug-likeness (QED) is 0.169. The van der Waals surface area contributed by atoms with Crippen LogP contribution in [0.2, 0.25) is 0 Å². The molecule has 0 saturated carbocycles. The monoisotopic (exact) mass is 639 g/mol. The maximum absolute atomic E-state index is 13.5. The summed E-state index contributed by atoms with van der Waals surface area (Å²) in [5.41, 5.74) is 1.68. The Kier molecular flexibility index (Phi) is 8.98. The summed E-state index contributed by atoms with van der Waals surface area (Å²) in [5, 5.41) is 18.8. The normalized spacial score (nSPS) is 12.2. The zero-order chi connectivity index (χ0) is 31.6. The fourth-order valence-electron chi connectivity index (χ4n) is 4.44. The molecule has 2 amide bonds. The third-order valence-electron chi connectivity index (χ3n) is 7.05. The summed E-state index contributed by atoms with van der Waals surface area (Å²) in [6.07, 6.45) is -0.583. The van der Waals surface area contributed by atoms with Gasteiger partial charge in [0.05, 0.1) is 21.7 Å². The summed E-state index contributed by atoms with van der Waals surface area (Å²) < 4.78 is 43.2. The molecular weight excluding hydrogens is 608 g/mol. The molecule has 0 aliphatic heterocycles. The van der Waals surface area contributed by atoms with E-state index in [2.05, 4.69) is 39.8 Å². The Morgan fingerprint density at radius 3 is 2.50 bits per heavy atom. The van der Waals surface area contributed by atoms with Gasteiger partial charge in [0.15, 0.2) is 5.65 Å². The fourth-order valence-corrected chi connectivity index (χ4v) is 5.71. The average Bonchev–Trinajstić information content (AvgIpc) is 3.61. The molecule has 0 aliphatic carbocycles. The number of pyridine rings is 1. The highest BCUT2D eigenvalue weighted by atomic mass is 32.2. The second kappa shape index (κ2) is 12.6. The van der Waals surface area contributed by atoms with E-state index in [1.807, 2.05) is 67.1 Å². The number of hydrogen-bond donors (Lipinski definition) is 2. The minimum absolute atomic E-state index is 0.186. The first-order chi connectivity index (χ1) is 20.9. The first kappa shape index (κ1) is 31.5. The number of aromatic nitrogens is 5. The zero-order valence-corrected chi connectivity index (χ0v) is 26.4. The van der Waals surface area contributed by atoms with Crippen LogP contribution in [0.15, 0.2) is 82.7 Å². The van der Waals surface area contributed by atoms with E-state index >= 15 is 0 Å². The summed E-state index contributed by atoms with van der Waals surface area (Å²) in [6, 6.07) is 17.7. The van der Waals surface area contributed by atoms with E-state index in [-0.39, 0.29) is 24.0 Å². The van der Waals surface area contributed by atoms with Crippen LogP contribution in [0.3, 0.4) is 0 Å². The molecule has 3 heterocycles. The molecule has 5 rings (SSSR count). The third kappa shape index (κ3) is 6.88. The standard InChI is InChI=1S/C31H32F3N7OS2/c1-19(2)28-38-37-26-14-13-23(18-40(26)28)44-24-12-7-6-9-20(24)17-35-29(42)36-27-16-25(30(3,4)43-5)39-41(27)22-11-8-10-21(15-22)31(32,33)34/h6-16,18-19H,17H2,1-5H3,(H2,35,36,42). The van der Waals surface area contributed by atoms with Gasteiger partial charge in [-0.25, -0.2) is 9.48 Å². The SMILES string of the molecule is CSC(C)(C)c1cc(NC(=O)NCc2ccccc2Sc2ccc3nnc(C(C)C)n3c2)n(-c2cccc(C(F)(F)F)c2)n1. The molecule has 13 heteroatoms. The van der Waals surface area contributed by atoms with Gasteiger partial charge < -0.3 is 5.32 Å². The van der Waals surface area contributed by atoms with Crippen LogP contribution in [-0.4, -0.2) is 36.7 Å². The van der Waals surface area contributed by atoms with E-state index in [0.29, 0.717) is 5.69 Å². The molecular formula is C31H32F3N7OS2. The van der Waals surface area contributed by atoms with Crippen LogP contribution in [0, 0.1) is 0 Å². The molecule has 230 valence electrons. The molecule has 0 aliphatic rings. The summed E-state index contributed by atoms with van der Waals surface area (Å²) in [5.74, 6) is 1.35. The maximum atomic E-state index is 13.5. The number of fused-ring (bicyclic) bond motifs is 1. The molecule has 0 unspecified atom stereocenters. The first-order valence-corrected chi connectivity index (χ1v) is 15.9. The Balaban J connectivity index is 1.35. The van der Waals surface area contributed by atoms with Crippen LogP contribution in [0.5, 0.6) is 0 Å². The number of rotatable bonds is 9. The number of anilines is 1. The Labute approximate surface area is 261 Å². The van der Waals surface area contributed by atoms with Gasteiger partial charge in [-0.1, -0.05) is 49.9 Å². The van der Waals surface area contributed by atoms with Crippen molar-refractivity contribution in [2.45, 2.75) is 60.9 Å². The predicted molar refractivity (Wildman–Crippen MR) is 169 cm³/mol. The molecule has 2 aromatic carbocycles. The van der Waals surface area contributed by atoms with Crippen molar-refractivity contribution in [2.24, 2.45) is 0 Å². The smallest absolute Gasteiger partial charge is 0.334 e. The molecule has 0 atom stereocenters. The van der Waals surface area contributed by atoms with Gasteiger partial charge >= 0.3 is 12.2 Å². The van der Waals surface area contributed by atoms with E-state index in [1.54, 1.807) is 29.6 Å². The second-order valence-electron chi connectivity index (χ2n) is 10.9. The summed E-state index contributed by atoms with van der Waals surface area (Å²) >= 11 is 3.11. The zero-order valence-electron chi connectivity index (χ0n) is 24.8. The molecule has 0 radical (unpaired) electrons. The van der Waals surface area contributed by atoms with Gasteiger partial charge in [-0.05, 0) is 62.1 Å². The number of hydrogen-bond acceptors (Lipinski definition) is 6. The van der Waals surface area contributed by atoms with Gasteiger partial charge in [-0.3, -0.25) is 9.72 Å². The lowest BCUT2D eigenvalue weighted by Gasteiger charge is -2.18. The van der Waals surface area contributed by atoms with Crippen molar-refractivity contribution in [3.8, 4) is 5.69 Å². The number of nitrogens with one attached hydrogen (secondary N) is 2. The number of nitrogens with zero attached hydrogens (tertiary/aromatic N) is 5. The van der Waals surface area contributed by atoms with Gasteiger partial charge in [0.1, 0.15) is 11.6 Å². The largest absolute Gasteiger partial charge is 0.416 e. The third-order valence-corrected chi connectivity index (χ3v) is 9.38. The number of halogens is 3. The van der Waals surface area contributed by atoms with Crippen LogP contribution < -0.4 is 10.6 Å². The molecule has 0 bridgehead atoms. The molecule has 3 aromatic heterocycles. The molecule has 0 spiro atoms. The number of alkyl halides is 3. The second-order valence-corrected chi connectivity index (χ2v) is 13.5. The highest BCUT2D eigenvalue weighted by Gasteiger charge is 2.31. The van der Waals surface area contributed by atoms with E-state index in [9.17, 15) is 18.0 Å². The minimum atomic E-state index is -4.51. The highest BCUT2D eigenvalue weighted by molar-refractivity contribution is 7.99. The predicted octanol–water partition coefficient (Wildman–Crippen LogP) is 8.13. The lowest BCUT2D eigenvalue weighted by molar-refractivity contribution is -0.137. The van der Waals surface area contributed by atoms with Crippen LogP contribution in [0.4, 0.5) is 23.8 Å². The number of urea groups is 1. The number of carbonyl (C=O) groups excluding carboxylic acids is 1. The Bertz CT molecular complexity index is 1800. The van der Waals surface area contributed by atoms with Crippen molar-refractivity contribution in [1.82, 2.24) is 29.7 Å². The summed E-state index contributed by atoms with van der Waals surface area (Å²) in [4.78, 5) is 15.1.